The molecule has 1 saturated heterocycles. The third-order valence-electron chi connectivity index (χ3n) is 2.18. The summed E-state index contributed by atoms with van der Waals surface area (Å²) >= 11 is 0. The maximum atomic E-state index is 11.0. The van der Waals surface area contributed by atoms with Crippen LogP contribution in [0.2, 0.25) is 0 Å². The predicted octanol–water partition coefficient (Wildman–Crippen LogP) is -0.388. The quantitative estimate of drug-likeness (QED) is 0.631. The van der Waals surface area contributed by atoms with Gasteiger partial charge in [0.05, 0.1) is 18.6 Å². The molecule has 0 saturated carbocycles. The van der Waals surface area contributed by atoms with Gasteiger partial charge in [-0.2, -0.15) is 0 Å². The van der Waals surface area contributed by atoms with Gasteiger partial charge >= 0.3 is 5.97 Å². The average Bonchev–Trinajstić information content (AvgIpc) is 2.04. The van der Waals surface area contributed by atoms with Gasteiger partial charge in [-0.15, -0.1) is 0 Å². The summed E-state index contributed by atoms with van der Waals surface area (Å²) in [5, 5.41) is 11.4. The third kappa shape index (κ3) is 2.42. The van der Waals surface area contributed by atoms with Gasteiger partial charge < -0.3 is 15.2 Å². The largest absolute Gasteiger partial charge is 0.481 e. The molecule has 1 aliphatic rings. The number of rotatable bonds is 3. The molecule has 2 N–H and O–H groups in total. The van der Waals surface area contributed by atoms with Crippen LogP contribution < -0.4 is 5.32 Å². The van der Waals surface area contributed by atoms with Crippen molar-refractivity contribution in [1.82, 2.24) is 5.32 Å². The number of ether oxygens (including phenoxy) is 1. The zero-order chi connectivity index (χ0) is 9.84. The van der Waals surface area contributed by atoms with E-state index in [1.807, 2.05) is 0 Å². The second-order valence-corrected chi connectivity index (χ2v) is 3.11. The van der Waals surface area contributed by atoms with Crippen LogP contribution in [0.25, 0.3) is 0 Å². The van der Waals surface area contributed by atoms with E-state index in [0.29, 0.717) is 6.42 Å². The summed E-state index contributed by atoms with van der Waals surface area (Å²) in [7, 11) is 1.49. The lowest BCUT2D eigenvalue weighted by Crippen LogP contribution is -2.50. The van der Waals surface area contributed by atoms with Crippen molar-refractivity contribution in [3.8, 4) is 0 Å². The number of methoxy groups -OCH3 is 1. The second kappa shape index (κ2) is 4.23. The highest BCUT2D eigenvalue weighted by molar-refractivity contribution is 5.81. The molecule has 5 nitrogen and oxygen atoms in total. The van der Waals surface area contributed by atoms with Crippen LogP contribution in [0, 0.1) is 5.92 Å². The van der Waals surface area contributed by atoms with Crippen LogP contribution in [0.4, 0.5) is 0 Å². The fraction of sp³-hybridized carbons (Fsp3) is 0.750. The van der Waals surface area contributed by atoms with Gasteiger partial charge in [0.15, 0.2) is 0 Å². The van der Waals surface area contributed by atoms with E-state index in [9.17, 15) is 9.59 Å². The normalized spacial score (nSPS) is 28.2. The topological polar surface area (TPSA) is 75.6 Å². The van der Waals surface area contributed by atoms with Gasteiger partial charge in [-0.1, -0.05) is 0 Å². The first-order valence-corrected chi connectivity index (χ1v) is 4.16. The summed E-state index contributed by atoms with van der Waals surface area (Å²) in [5.74, 6) is -1.49. The number of hydrogen-bond acceptors (Lipinski definition) is 3. The Kier molecular flexibility index (Phi) is 3.25. The summed E-state index contributed by atoms with van der Waals surface area (Å²) in [4.78, 5) is 21.7. The lowest BCUT2D eigenvalue weighted by Gasteiger charge is -2.28. The fourth-order valence-electron chi connectivity index (χ4n) is 1.50. The van der Waals surface area contributed by atoms with E-state index in [-0.39, 0.29) is 25.0 Å². The number of carboxylic acid groups (broad SMARTS) is 1. The standard InChI is InChI=1S/C8H13NO4/c1-13-4-6-5(8(11)12)2-3-7(10)9-6/h5-6H,2-4H2,1H3,(H,9,10)(H,11,12). The molecular formula is C8H13NO4. The molecule has 0 aromatic rings. The predicted molar refractivity (Wildman–Crippen MR) is 44.2 cm³/mol. The fourth-order valence-corrected chi connectivity index (χ4v) is 1.50. The molecule has 13 heavy (non-hydrogen) atoms. The van der Waals surface area contributed by atoms with Crippen LogP contribution in [-0.4, -0.2) is 36.7 Å². The van der Waals surface area contributed by atoms with Gasteiger partial charge in [0, 0.05) is 13.5 Å². The van der Waals surface area contributed by atoms with Gasteiger partial charge in [-0.05, 0) is 6.42 Å². The number of piperidine rings is 1. The Morgan fingerprint density at radius 3 is 3.00 bits per heavy atom. The molecule has 1 heterocycles. The molecule has 0 aromatic heterocycles. The summed E-state index contributed by atoms with van der Waals surface area (Å²) < 4.78 is 4.83. The van der Waals surface area contributed by atoms with Gasteiger partial charge in [0.2, 0.25) is 5.91 Å². The number of carboxylic acids is 1. The molecule has 1 aliphatic heterocycles. The van der Waals surface area contributed by atoms with Crippen LogP contribution in [0.5, 0.6) is 0 Å². The van der Waals surface area contributed by atoms with Crippen LogP contribution in [0.15, 0.2) is 0 Å². The number of amides is 1. The minimum atomic E-state index is -0.873. The Morgan fingerprint density at radius 2 is 2.46 bits per heavy atom. The lowest BCUT2D eigenvalue weighted by atomic mass is 9.91. The summed E-state index contributed by atoms with van der Waals surface area (Å²) in [6.45, 7) is 0.253. The van der Waals surface area contributed by atoms with Crippen molar-refractivity contribution < 1.29 is 19.4 Å². The van der Waals surface area contributed by atoms with Crippen LogP contribution in [-0.2, 0) is 14.3 Å². The zero-order valence-corrected chi connectivity index (χ0v) is 7.45. The highest BCUT2D eigenvalue weighted by atomic mass is 16.5. The van der Waals surface area contributed by atoms with Crippen LogP contribution in [0.1, 0.15) is 12.8 Å². The Bertz CT molecular complexity index is 216. The molecule has 0 bridgehead atoms. The second-order valence-electron chi connectivity index (χ2n) is 3.11. The Balaban J connectivity index is 2.60. The first kappa shape index (κ1) is 9.98. The molecule has 5 heteroatoms. The monoisotopic (exact) mass is 187 g/mol. The highest BCUT2D eigenvalue weighted by Crippen LogP contribution is 2.17. The average molecular weight is 187 g/mol. The smallest absolute Gasteiger partial charge is 0.308 e. The van der Waals surface area contributed by atoms with E-state index in [1.165, 1.54) is 7.11 Å². The van der Waals surface area contributed by atoms with Crippen molar-refractivity contribution in [2.45, 2.75) is 18.9 Å². The first-order chi connectivity index (χ1) is 6.15. The molecule has 2 unspecified atom stereocenters. The van der Waals surface area contributed by atoms with E-state index >= 15 is 0 Å². The van der Waals surface area contributed by atoms with Crippen molar-refractivity contribution in [3.05, 3.63) is 0 Å². The van der Waals surface area contributed by atoms with Crippen LogP contribution in [0.3, 0.4) is 0 Å². The molecule has 0 aliphatic carbocycles. The number of nitrogens with one attached hydrogen (secondary N) is 1. The van der Waals surface area contributed by atoms with Gasteiger partial charge in [-0.25, -0.2) is 0 Å². The zero-order valence-electron chi connectivity index (χ0n) is 7.45. The number of carbonyl (C=O) groups is 2. The molecule has 74 valence electrons. The molecule has 2 atom stereocenters. The van der Waals surface area contributed by atoms with E-state index < -0.39 is 11.9 Å². The van der Waals surface area contributed by atoms with Crippen molar-refractivity contribution in [2.24, 2.45) is 5.92 Å². The number of aliphatic carboxylic acids is 1. The SMILES string of the molecule is COCC1NC(=O)CCC1C(=O)O. The Morgan fingerprint density at radius 1 is 1.77 bits per heavy atom. The van der Waals surface area contributed by atoms with E-state index in [2.05, 4.69) is 5.32 Å². The summed E-state index contributed by atoms with van der Waals surface area (Å²) in [5.41, 5.74) is 0. The molecular weight excluding hydrogens is 174 g/mol. The highest BCUT2D eigenvalue weighted by Gasteiger charge is 2.33. The Hall–Kier alpha value is -1.10. The molecule has 1 rings (SSSR count). The van der Waals surface area contributed by atoms with Crippen LogP contribution >= 0.6 is 0 Å². The van der Waals surface area contributed by atoms with Gasteiger partial charge in [-0.3, -0.25) is 9.59 Å². The number of carbonyl (C=O) groups excluding carboxylic acids is 1. The van der Waals surface area contributed by atoms with E-state index in [4.69, 9.17) is 9.84 Å². The minimum Gasteiger partial charge on any atom is -0.481 e. The number of hydrogen-bond donors (Lipinski definition) is 2. The molecule has 0 spiro atoms. The molecule has 0 radical (unpaired) electrons. The summed E-state index contributed by atoms with van der Waals surface area (Å²) in [6, 6.07) is -0.385. The van der Waals surface area contributed by atoms with E-state index in [1.54, 1.807) is 0 Å². The van der Waals surface area contributed by atoms with Gasteiger partial charge in [0.1, 0.15) is 0 Å². The Labute approximate surface area is 76.1 Å². The van der Waals surface area contributed by atoms with Crippen molar-refractivity contribution in [2.75, 3.05) is 13.7 Å². The lowest BCUT2D eigenvalue weighted by molar-refractivity contribution is -0.145. The molecule has 1 amide bonds. The molecule has 0 aromatic carbocycles. The third-order valence-corrected chi connectivity index (χ3v) is 2.18. The van der Waals surface area contributed by atoms with E-state index in [0.717, 1.165) is 0 Å². The summed E-state index contributed by atoms with van der Waals surface area (Å²) in [6.07, 6.45) is 0.687. The van der Waals surface area contributed by atoms with Crippen molar-refractivity contribution >= 4 is 11.9 Å². The van der Waals surface area contributed by atoms with Crippen molar-refractivity contribution in [1.29, 1.82) is 0 Å². The minimum absolute atomic E-state index is 0.0976. The maximum Gasteiger partial charge on any atom is 0.308 e. The van der Waals surface area contributed by atoms with Crippen molar-refractivity contribution in [3.63, 3.8) is 0 Å². The molecule has 1 fully saturated rings. The first-order valence-electron chi connectivity index (χ1n) is 4.16. The van der Waals surface area contributed by atoms with Gasteiger partial charge in [0.25, 0.3) is 0 Å². The maximum absolute atomic E-state index is 11.0.